The zero-order valence-corrected chi connectivity index (χ0v) is 20.8. The zero-order chi connectivity index (χ0) is 18.9. The summed E-state index contributed by atoms with van der Waals surface area (Å²) in [6, 6.07) is 18.7. The van der Waals surface area contributed by atoms with Crippen LogP contribution >= 0.6 is 45.3 Å². The van der Waals surface area contributed by atoms with Crippen LogP contribution in [0.25, 0.3) is 21.0 Å². The zero-order valence-electron chi connectivity index (χ0n) is 16.5. The molecule has 1 saturated heterocycles. The molecule has 4 aromatic rings. The highest BCUT2D eigenvalue weighted by Gasteiger charge is 2.18. The van der Waals surface area contributed by atoms with Crippen LogP contribution < -0.4 is 10.5 Å². The molecule has 4 nitrogen and oxygen atoms in total. The minimum atomic E-state index is -0.0404. The Kier molecular flexibility index (Phi) is 7.74. The van der Waals surface area contributed by atoms with Crippen LogP contribution in [0.1, 0.15) is 5.56 Å². The molecule has 7 heteroatoms. The first kappa shape index (κ1) is 23.0. The molecule has 0 atom stereocenters. The summed E-state index contributed by atoms with van der Waals surface area (Å²) in [4.78, 5) is 19.5. The first-order chi connectivity index (χ1) is 13.8. The Bertz CT molecular complexity index is 1180. The number of aromatic amines is 1. The van der Waals surface area contributed by atoms with Crippen LogP contribution in [-0.2, 0) is 6.42 Å². The van der Waals surface area contributed by atoms with Gasteiger partial charge in [0.05, 0.1) is 0 Å². The lowest BCUT2D eigenvalue weighted by Crippen LogP contribution is -2.47. The monoisotopic (exact) mass is 549 g/mol. The van der Waals surface area contributed by atoms with Gasteiger partial charge < -0.3 is 9.88 Å². The van der Waals surface area contributed by atoms with E-state index in [1.54, 1.807) is 6.07 Å². The SMILES string of the molecule is Br.Br.O=c1ccc2ccc(CCN3CCN(c4cccc5sccc45)CC3)cc2[nH]1. The Morgan fingerprint density at radius 3 is 2.57 bits per heavy atom. The van der Waals surface area contributed by atoms with Gasteiger partial charge in [-0.2, -0.15) is 0 Å². The predicted octanol–water partition coefficient (Wildman–Crippen LogP) is 5.26. The molecule has 1 aliphatic heterocycles. The number of piperazine rings is 1. The molecule has 0 aliphatic carbocycles. The largest absolute Gasteiger partial charge is 0.368 e. The number of pyridine rings is 1. The fourth-order valence-electron chi connectivity index (χ4n) is 4.11. The van der Waals surface area contributed by atoms with Crippen molar-refractivity contribution in [3.8, 4) is 0 Å². The summed E-state index contributed by atoms with van der Waals surface area (Å²) >= 11 is 1.81. The van der Waals surface area contributed by atoms with Crippen molar-refractivity contribution in [3.05, 3.63) is 75.9 Å². The van der Waals surface area contributed by atoms with Crippen LogP contribution in [0.15, 0.2) is 64.8 Å². The minimum absolute atomic E-state index is 0. The number of nitrogens with one attached hydrogen (secondary N) is 1. The fraction of sp³-hybridized carbons (Fsp3) is 0.261. The lowest BCUT2D eigenvalue weighted by atomic mass is 10.1. The topological polar surface area (TPSA) is 39.3 Å². The Morgan fingerprint density at radius 2 is 1.73 bits per heavy atom. The first-order valence-corrected chi connectivity index (χ1v) is 10.7. The van der Waals surface area contributed by atoms with E-state index >= 15 is 0 Å². The molecule has 0 amide bonds. The van der Waals surface area contributed by atoms with Gasteiger partial charge in [-0.3, -0.25) is 9.69 Å². The summed E-state index contributed by atoms with van der Waals surface area (Å²) in [7, 11) is 0. The number of hydrogen-bond acceptors (Lipinski definition) is 4. The molecule has 0 unspecified atom stereocenters. The minimum Gasteiger partial charge on any atom is -0.368 e. The van der Waals surface area contributed by atoms with Gasteiger partial charge in [0.15, 0.2) is 0 Å². The number of halogens is 2. The number of rotatable bonds is 4. The molecule has 1 N–H and O–H groups in total. The summed E-state index contributed by atoms with van der Waals surface area (Å²) in [5, 5.41) is 4.65. The summed E-state index contributed by atoms with van der Waals surface area (Å²) in [5.41, 5.74) is 3.54. The molecular formula is C23H25Br2N3OS. The van der Waals surface area contributed by atoms with Gasteiger partial charge in [0.2, 0.25) is 5.56 Å². The van der Waals surface area contributed by atoms with Crippen LogP contribution in [0.2, 0.25) is 0 Å². The van der Waals surface area contributed by atoms with Crippen LogP contribution in [0.4, 0.5) is 5.69 Å². The number of benzene rings is 2. The Hall–Kier alpha value is -1.67. The number of hydrogen-bond donors (Lipinski definition) is 1. The molecule has 1 fully saturated rings. The van der Waals surface area contributed by atoms with Crippen molar-refractivity contribution in [2.75, 3.05) is 37.6 Å². The molecule has 0 saturated carbocycles. The predicted molar refractivity (Wildman–Crippen MR) is 139 cm³/mol. The number of H-pyrrole nitrogens is 1. The van der Waals surface area contributed by atoms with Gasteiger partial charge >= 0.3 is 0 Å². The van der Waals surface area contributed by atoms with E-state index in [1.807, 2.05) is 17.4 Å². The molecule has 3 heterocycles. The van der Waals surface area contributed by atoms with Crippen molar-refractivity contribution in [1.82, 2.24) is 9.88 Å². The van der Waals surface area contributed by atoms with Crippen molar-refractivity contribution in [2.24, 2.45) is 0 Å². The lowest BCUT2D eigenvalue weighted by Gasteiger charge is -2.36. The summed E-state index contributed by atoms with van der Waals surface area (Å²) in [6.07, 6.45) is 1.01. The second-order valence-corrected chi connectivity index (χ2v) is 8.38. The van der Waals surface area contributed by atoms with Crippen molar-refractivity contribution in [1.29, 1.82) is 0 Å². The molecular weight excluding hydrogens is 526 g/mol. The van der Waals surface area contributed by atoms with Crippen molar-refractivity contribution >= 4 is 72.0 Å². The van der Waals surface area contributed by atoms with Gasteiger partial charge in [-0.15, -0.1) is 45.3 Å². The Labute approximate surface area is 201 Å². The van der Waals surface area contributed by atoms with Gasteiger partial charge in [0.1, 0.15) is 0 Å². The van der Waals surface area contributed by atoms with E-state index in [2.05, 4.69) is 62.6 Å². The van der Waals surface area contributed by atoms with Crippen LogP contribution in [0.3, 0.4) is 0 Å². The highest BCUT2D eigenvalue weighted by molar-refractivity contribution is 8.93. The Balaban J connectivity index is 0.00000128. The molecule has 2 aromatic carbocycles. The molecule has 158 valence electrons. The van der Waals surface area contributed by atoms with Gasteiger partial charge in [0, 0.05) is 60.1 Å². The number of anilines is 1. The van der Waals surface area contributed by atoms with E-state index in [0.29, 0.717) is 0 Å². The standard InChI is InChI=1S/C23H23N3OS.2BrH/c27-23-7-6-18-5-4-17(16-20(18)24-23)8-10-25-11-13-26(14-12-25)21-2-1-3-22-19(21)9-15-28-22;;/h1-7,9,15-16H,8,10-14H2,(H,24,27);2*1H. The van der Waals surface area contributed by atoms with Crippen LogP contribution in [0.5, 0.6) is 0 Å². The van der Waals surface area contributed by atoms with Gasteiger partial charge in [0.25, 0.3) is 0 Å². The lowest BCUT2D eigenvalue weighted by molar-refractivity contribution is 0.261. The highest BCUT2D eigenvalue weighted by Crippen LogP contribution is 2.31. The van der Waals surface area contributed by atoms with E-state index in [0.717, 1.165) is 50.0 Å². The third-order valence-corrected chi connectivity index (χ3v) is 6.57. The Morgan fingerprint density at radius 1 is 0.933 bits per heavy atom. The normalized spacial score (nSPS) is 14.5. The first-order valence-electron chi connectivity index (χ1n) is 9.82. The molecule has 0 spiro atoms. The molecule has 2 aromatic heterocycles. The number of fused-ring (bicyclic) bond motifs is 2. The van der Waals surface area contributed by atoms with E-state index in [-0.39, 0.29) is 39.5 Å². The molecule has 30 heavy (non-hydrogen) atoms. The molecule has 5 rings (SSSR count). The van der Waals surface area contributed by atoms with Gasteiger partial charge in [-0.1, -0.05) is 18.2 Å². The summed E-state index contributed by atoms with van der Waals surface area (Å²) in [5.74, 6) is 0. The molecule has 0 radical (unpaired) electrons. The van der Waals surface area contributed by atoms with Crippen LogP contribution in [-0.4, -0.2) is 42.6 Å². The third-order valence-electron chi connectivity index (χ3n) is 5.69. The van der Waals surface area contributed by atoms with E-state index < -0.39 is 0 Å². The number of thiophene rings is 1. The van der Waals surface area contributed by atoms with Crippen molar-refractivity contribution in [3.63, 3.8) is 0 Å². The maximum absolute atomic E-state index is 11.5. The second-order valence-electron chi connectivity index (χ2n) is 7.43. The van der Waals surface area contributed by atoms with Crippen molar-refractivity contribution < 1.29 is 0 Å². The molecule has 1 aliphatic rings. The maximum Gasteiger partial charge on any atom is 0.248 e. The van der Waals surface area contributed by atoms with Crippen molar-refractivity contribution in [2.45, 2.75) is 6.42 Å². The second kappa shape index (κ2) is 10.1. The van der Waals surface area contributed by atoms with Gasteiger partial charge in [-0.25, -0.2) is 0 Å². The number of nitrogens with zero attached hydrogens (tertiary/aromatic N) is 2. The van der Waals surface area contributed by atoms with E-state index in [1.165, 1.54) is 21.3 Å². The van der Waals surface area contributed by atoms with Gasteiger partial charge in [-0.05, 0) is 53.1 Å². The molecule has 0 bridgehead atoms. The average Bonchev–Trinajstić information content (AvgIpc) is 3.21. The summed E-state index contributed by atoms with van der Waals surface area (Å²) in [6.45, 7) is 5.37. The average molecular weight is 551 g/mol. The fourth-order valence-corrected chi connectivity index (χ4v) is 4.91. The number of aromatic nitrogens is 1. The van der Waals surface area contributed by atoms with E-state index in [4.69, 9.17) is 0 Å². The highest BCUT2D eigenvalue weighted by atomic mass is 79.9. The maximum atomic E-state index is 11.5. The third kappa shape index (κ3) is 4.80. The smallest absolute Gasteiger partial charge is 0.248 e. The quantitative estimate of drug-likeness (QED) is 0.376. The van der Waals surface area contributed by atoms with E-state index in [9.17, 15) is 4.79 Å². The van der Waals surface area contributed by atoms with Crippen LogP contribution in [0, 0.1) is 0 Å². The summed E-state index contributed by atoms with van der Waals surface area (Å²) < 4.78 is 1.37.